The normalized spacial score (nSPS) is 18.0. The van der Waals surface area contributed by atoms with Crippen LogP contribution in [-0.4, -0.2) is 59.7 Å². The van der Waals surface area contributed by atoms with E-state index in [2.05, 4.69) is 22.8 Å². The summed E-state index contributed by atoms with van der Waals surface area (Å²) in [5.41, 5.74) is 4.25. The molecule has 26 heavy (non-hydrogen) atoms. The number of nitrogens with zero attached hydrogens (tertiary/aromatic N) is 5. The van der Waals surface area contributed by atoms with Crippen molar-refractivity contribution in [3.63, 3.8) is 0 Å². The molecule has 0 atom stereocenters. The molecular weight excluding hydrogens is 346 g/mol. The highest BCUT2D eigenvalue weighted by Gasteiger charge is 2.27. The molecule has 0 bridgehead atoms. The first kappa shape index (κ1) is 17.6. The van der Waals surface area contributed by atoms with Crippen molar-refractivity contribution in [1.29, 1.82) is 0 Å². The van der Waals surface area contributed by atoms with Crippen molar-refractivity contribution >= 4 is 23.1 Å². The quantitative estimate of drug-likeness (QED) is 0.828. The van der Waals surface area contributed by atoms with Gasteiger partial charge in [0.2, 0.25) is 0 Å². The fraction of sp³-hybridized carbons (Fsp3) is 0.500. The highest BCUT2D eigenvalue weighted by Crippen LogP contribution is 2.29. The fourth-order valence-electron chi connectivity index (χ4n) is 4.11. The van der Waals surface area contributed by atoms with E-state index < -0.39 is 0 Å². The molecule has 5 nitrogen and oxygen atoms in total. The van der Waals surface area contributed by atoms with Gasteiger partial charge in [-0.3, -0.25) is 9.67 Å². The summed E-state index contributed by atoms with van der Waals surface area (Å²) < 4.78 is 2.01. The summed E-state index contributed by atoms with van der Waals surface area (Å²) in [4.78, 5) is 9.94. The van der Waals surface area contributed by atoms with Gasteiger partial charge in [0.15, 0.2) is 0 Å². The Labute approximate surface area is 160 Å². The minimum Gasteiger partial charge on any atom is -0.353 e. The molecule has 0 radical (unpaired) electrons. The largest absolute Gasteiger partial charge is 0.353 e. The third-order valence-corrected chi connectivity index (χ3v) is 5.59. The second-order valence-electron chi connectivity index (χ2n) is 7.18. The molecule has 2 aliphatic rings. The highest BCUT2D eigenvalue weighted by molar-refractivity contribution is 6.31. The Balaban J connectivity index is 1.67. The summed E-state index contributed by atoms with van der Waals surface area (Å²) in [6, 6.07) is 7.97. The number of rotatable bonds is 4. The number of hydrogen-bond acceptors (Lipinski definition) is 4. The van der Waals surface area contributed by atoms with Crippen LogP contribution in [-0.2, 0) is 7.05 Å². The molecule has 0 N–H and O–H groups in total. The molecule has 2 aliphatic heterocycles. The van der Waals surface area contributed by atoms with E-state index in [1.807, 2.05) is 29.9 Å². The summed E-state index contributed by atoms with van der Waals surface area (Å²) in [5, 5.41) is 5.45. The van der Waals surface area contributed by atoms with Crippen LogP contribution in [0.4, 0.5) is 5.82 Å². The number of benzene rings is 1. The molecular formula is C20H26ClN5. The van der Waals surface area contributed by atoms with Crippen molar-refractivity contribution in [3.8, 4) is 0 Å². The summed E-state index contributed by atoms with van der Waals surface area (Å²) >= 11 is 6.24. The smallest absolute Gasteiger partial charge is 0.136 e. The maximum atomic E-state index is 6.24. The summed E-state index contributed by atoms with van der Waals surface area (Å²) in [6.07, 6.45) is 2.66. The number of anilines is 1. The van der Waals surface area contributed by atoms with Crippen LogP contribution in [0.5, 0.6) is 0 Å². The monoisotopic (exact) mass is 371 g/mol. The van der Waals surface area contributed by atoms with Gasteiger partial charge in [-0.25, -0.2) is 0 Å². The van der Waals surface area contributed by atoms with Gasteiger partial charge in [0.05, 0.1) is 23.5 Å². The Kier molecular flexibility index (Phi) is 5.00. The second-order valence-corrected chi connectivity index (χ2v) is 7.62. The van der Waals surface area contributed by atoms with E-state index in [9.17, 15) is 0 Å². The van der Waals surface area contributed by atoms with E-state index in [4.69, 9.17) is 21.7 Å². The molecule has 3 heterocycles. The number of aliphatic imine (C=N–C) groups is 1. The SMILES string of the molecule is Cc1nn(C)c2c1C(c1cccc(Cl)c1)=NCCN2CCN1CCCC1. The van der Waals surface area contributed by atoms with E-state index in [-0.39, 0.29) is 0 Å². The lowest BCUT2D eigenvalue weighted by Crippen LogP contribution is -2.36. The number of halogens is 1. The van der Waals surface area contributed by atoms with E-state index in [1.165, 1.54) is 31.7 Å². The minimum absolute atomic E-state index is 0.739. The average Bonchev–Trinajstić information content (AvgIpc) is 3.17. The molecule has 1 aromatic heterocycles. The zero-order chi connectivity index (χ0) is 18.1. The number of aromatic nitrogens is 2. The van der Waals surface area contributed by atoms with Crippen LogP contribution in [0.25, 0.3) is 0 Å². The van der Waals surface area contributed by atoms with Gasteiger partial charge in [0.1, 0.15) is 5.82 Å². The van der Waals surface area contributed by atoms with Crippen LogP contribution < -0.4 is 4.90 Å². The molecule has 0 spiro atoms. The van der Waals surface area contributed by atoms with Crippen LogP contribution in [0.15, 0.2) is 29.3 Å². The van der Waals surface area contributed by atoms with Crippen molar-refractivity contribution in [1.82, 2.24) is 14.7 Å². The lowest BCUT2D eigenvalue weighted by Gasteiger charge is -2.26. The highest BCUT2D eigenvalue weighted by atomic mass is 35.5. The zero-order valence-electron chi connectivity index (χ0n) is 15.6. The van der Waals surface area contributed by atoms with Gasteiger partial charge < -0.3 is 9.80 Å². The van der Waals surface area contributed by atoms with Crippen LogP contribution >= 0.6 is 11.6 Å². The van der Waals surface area contributed by atoms with Gasteiger partial charge in [0.25, 0.3) is 0 Å². The summed E-state index contributed by atoms with van der Waals surface area (Å²) in [5.74, 6) is 1.18. The Morgan fingerprint density at radius 2 is 1.92 bits per heavy atom. The molecule has 0 saturated carbocycles. The maximum Gasteiger partial charge on any atom is 0.136 e. The van der Waals surface area contributed by atoms with Crippen molar-refractivity contribution in [2.75, 3.05) is 44.2 Å². The van der Waals surface area contributed by atoms with Crippen molar-refractivity contribution in [2.24, 2.45) is 12.0 Å². The number of likely N-dealkylation sites (tertiary alicyclic amines) is 1. The van der Waals surface area contributed by atoms with Crippen molar-refractivity contribution in [3.05, 3.63) is 46.1 Å². The average molecular weight is 372 g/mol. The predicted molar refractivity (Wildman–Crippen MR) is 108 cm³/mol. The van der Waals surface area contributed by atoms with E-state index >= 15 is 0 Å². The third-order valence-electron chi connectivity index (χ3n) is 5.35. The predicted octanol–water partition coefficient (Wildman–Crippen LogP) is 3.14. The number of aryl methyl sites for hydroxylation is 2. The molecule has 1 fully saturated rings. The first-order valence-corrected chi connectivity index (χ1v) is 9.83. The summed E-state index contributed by atoms with van der Waals surface area (Å²) in [6.45, 7) is 8.37. The Hall–Kier alpha value is -1.85. The minimum atomic E-state index is 0.739. The van der Waals surface area contributed by atoms with Crippen LogP contribution in [0.2, 0.25) is 5.02 Å². The standard InChI is InChI=1S/C20H26ClN5/c1-15-18-19(16-6-5-7-17(21)14-16)22-8-11-26(20(18)24(2)23-15)13-12-25-9-3-4-10-25/h5-7,14H,3-4,8-13H2,1-2H3. The Bertz CT molecular complexity index is 820. The van der Waals surface area contributed by atoms with Gasteiger partial charge >= 0.3 is 0 Å². The van der Waals surface area contributed by atoms with Gasteiger partial charge in [-0.15, -0.1) is 0 Å². The van der Waals surface area contributed by atoms with Crippen molar-refractivity contribution in [2.45, 2.75) is 19.8 Å². The zero-order valence-corrected chi connectivity index (χ0v) is 16.3. The molecule has 0 amide bonds. The fourth-order valence-corrected chi connectivity index (χ4v) is 4.30. The Morgan fingerprint density at radius 3 is 2.69 bits per heavy atom. The lowest BCUT2D eigenvalue weighted by molar-refractivity contribution is 0.344. The molecule has 0 aliphatic carbocycles. The molecule has 1 saturated heterocycles. The molecule has 6 heteroatoms. The van der Waals surface area contributed by atoms with Gasteiger partial charge in [-0.05, 0) is 45.0 Å². The van der Waals surface area contributed by atoms with Gasteiger partial charge in [-0.2, -0.15) is 5.10 Å². The van der Waals surface area contributed by atoms with E-state index in [1.54, 1.807) is 0 Å². The van der Waals surface area contributed by atoms with Crippen molar-refractivity contribution < 1.29 is 0 Å². The first-order chi connectivity index (χ1) is 12.6. The first-order valence-electron chi connectivity index (χ1n) is 9.45. The van der Waals surface area contributed by atoms with E-state index in [0.29, 0.717) is 0 Å². The lowest BCUT2D eigenvalue weighted by atomic mass is 10.0. The molecule has 4 rings (SSSR count). The second kappa shape index (κ2) is 7.41. The number of hydrogen-bond donors (Lipinski definition) is 0. The maximum absolute atomic E-state index is 6.24. The van der Waals surface area contributed by atoms with E-state index in [0.717, 1.165) is 53.7 Å². The molecule has 2 aromatic rings. The number of fused-ring (bicyclic) bond motifs is 1. The van der Waals surface area contributed by atoms with Crippen LogP contribution in [0.3, 0.4) is 0 Å². The molecule has 138 valence electrons. The third kappa shape index (κ3) is 3.38. The van der Waals surface area contributed by atoms with Gasteiger partial charge in [0, 0.05) is 37.3 Å². The molecule has 1 aromatic carbocycles. The van der Waals surface area contributed by atoms with Gasteiger partial charge in [-0.1, -0.05) is 23.7 Å². The molecule has 0 unspecified atom stereocenters. The Morgan fingerprint density at radius 1 is 1.12 bits per heavy atom. The summed E-state index contributed by atoms with van der Waals surface area (Å²) in [7, 11) is 2.04. The van der Waals surface area contributed by atoms with Crippen LogP contribution in [0.1, 0.15) is 29.7 Å². The topological polar surface area (TPSA) is 36.7 Å². The van der Waals surface area contributed by atoms with Crippen LogP contribution in [0, 0.1) is 6.92 Å².